The van der Waals surface area contributed by atoms with Crippen molar-refractivity contribution >= 4 is 15.8 Å². The SMILES string of the molecule is C=C([CH2-])C.C=C([CH2-])C.CC(C)[C@@H]1CC[C@@H](C(C)C)P1CCP1[C@H](C(C)C)CC[C@H]1C(C)C.[Ru+2]. The van der Waals surface area contributed by atoms with Gasteiger partial charge in [0.05, 0.1) is 0 Å². The van der Waals surface area contributed by atoms with Gasteiger partial charge in [0.15, 0.2) is 0 Å². The smallest absolute Gasteiger partial charge is 0.242 e. The van der Waals surface area contributed by atoms with Crippen molar-refractivity contribution in [2.75, 3.05) is 12.3 Å². The standard InChI is InChI=1S/C22H44P2.2C4H7.Ru/c1-15(2)19-9-10-20(16(3)4)23(19)13-14-24-21(17(5)6)11-12-22(24)18(7)8;2*1-4(2)3;/h15-22H,9-14H2,1-8H3;2*1-2H2,3H3;/q;2*-1;+2/t19-,20-,21-,22-;;;/m0.../s1. The van der Waals surface area contributed by atoms with E-state index < -0.39 is 0 Å². The summed E-state index contributed by atoms with van der Waals surface area (Å²) in [4.78, 5) is 0. The molecule has 0 amide bonds. The zero-order chi connectivity index (χ0) is 25.2. The van der Waals surface area contributed by atoms with Crippen LogP contribution in [0.2, 0.25) is 0 Å². The summed E-state index contributed by atoms with van der Waals surface area (Å²) in [6.07, 6.45) is 9.35. The molecule has 0 nitrogen and oxygen atoms in total. The second-order valence-corrected chi connectivity index (χ2v) is 17.4. The Morgan fingerprint density at radius 1 is 0.606 bits per heavy atom. The molecule has 2 rings (SSSR count). The maximum Gasteiger partial charge on any atom is 2.00 e. The summed E-state index contributed by atoms with van der Waals surface area (Å²) in [7, 11) is 0.545. The quantitative estimate of drug-likeness (QED) is 0.159. The van der Waals surface area contributed by atoms with Crippen molar-refractivity contribution in [3.63, 3.8) is 0 Å². The van der Waals surface area contributed by atoms with E-state index in [1.165, 1.54) is 25.7 Å². The first-order chi connectivity index (χ1) is 14.7. The van der Waals surface area contributed by atoms with Gasteiger partial charge in [0, 0.05) is 0 Å². The first-order valence-corrected chi connectivity index (χ1v) is 16.5. The van der Waals surface area contributed by atoms with Crippen LogP contribution < -0.4 is 0 Å². The zero-order valence-electron chi connectivity index (χ0n) is 23.9. The van der Waals surface area contributed by atoms with Gasteiger partial charge in [0.25, 0.3) is 0 Å². The third-order valence-corrected chi connectivity index (χ3v) is 15.6. The van der Waals surface area contributed by atoms with Crippen LogP contribution in [-0.4, -0.2) is 35.0 Å². The van der Waals surface area contributed by atoms with Crippen LogP contribution >= 0.6 is 15.8 Å². The van der Waals surface area contributed by atoms with Crippen LogP contribution in [-0.2, 0) is 19.5 Å². The van der Waals surface area contributed by atoms with Gasteiger partial charge in [-0.2, -0.15) is 0 Å². The Hall–Kier alpha value is 0.703. The molecule has 0 unspecified atom stereocenters. The Morgan fingerprint density at radius 3 is 0.879 bits per heavy atom. The summed E-state index contributed by atoms with van der Waals surface area (Å²) in [5.74, 6) is 3.66. The molecule has 2 heterocycles. The molecule has 4 atom stereocenters. The maximum atomic E-state index is 3.44. The molecule has 2 saturated heterocycles. The van der Waals surface area contributed by atoms with Crippen LogP contribution in [0.15, 0.2) is 24.3 Å². The molecular weight excluding hydrogens is 523 g/mol. The minimum Gasteiger partial charge on any atom is -0.242 e. The van der Waals surface area contributed by atoms with Crippen molar-refractivity contribution < 1.29 is 19.5 Å². The van der Waals surface area contributed by atoms with Crippen LogP contribution in [0.4, 0.5) is 0 Å². The van der Waals surface area contributed by atoms with Gasteiger partial charge in [-0.15, -0.1) is 0 Å². The minimum atomic E-state index is 0. The Morgan fingerprint density at radius 2 is 0.758 bits per heavy atom. The first kappa shape index (κ1) is 35.9. The fraction of sp³-hybridized carbons (Fsp3) is 0.800. The van der Waals surface area contributed by atoms with Crippen molar-refractivity contribution in [3.8, 4) is 0 Å². The average molecular weight is 582 g/mol. The van der Waals surface area contributed by atoms with Gasteiger partial charge in [-0.3, -0.25) is 0 Å². The summed E-state index contributed by atoms with van der Waals surface area (Å²) >= 11 is 0. The van der Waals surface area contributed by atoms with Crippen molar-refractivity contribution in [1.29, 1.82) is 0 Å². The van der Waals surface area contributed by atoms with Crippen molar-refractivity contribution in [3.05, 3.63) is 38.2 Å². The summed E-state index contributed by atoms with van der Waals surface area (Å²) in [6.45, 7) is 37.5. The first-order valence-electron chi connectivity index (χ1n) is 13.2. The molecule has 2 fully saturated rings. The predicted molar refractivity (Wildman–Crippen MR) is 157 cm³/mol. The molecule has 0 aromatic carbocycles. The molecule has 0 radical (unpaired) electrons. The molecule has 0 N–H and O–H groups in total. The number of hydrogen-bond donors (Lipinski definition) is 0. The van der Waals surface area contributed by atoms with E-state index in [0.29, 0.717) is 0 Å². The Labute approximate surface area is 226 Å². The van der Waals surface area contributed by atoms with E-state index in [9.17, 15) is 0 Å². The fourth-order valence-electron chi connectivity index (χ4n) is 5.60. The van der Waals surface area contributed by atoms with E-state index in [4.69, 9.17) is 0 Å². The third kappa shape index (κ3) is 13.5. The zero-order valence-corrected chi connectivity index (χ0v) is 27.5. The van der Waals surface area contributed by atoms with Gasteiger partial charge in [-0.25, -0.2) is 38.2 Å². The molecule has 2 aliphatic heterocycles. The molecule has 0 aromatic rings. The van der Waals surface area contributed by atoms with Crippen LogP contribution in [0.3, 0.4) is 0 Å². The van der Waals surface area contributed by atoms with Gasteiger partial charge in [0.2, 0.25) is 0 Å². The normalized spacial score (nSPS) is 25.5. The number of rotatable bonds is 7. The van der Waals surface area contributed by atoms with E-state index >= 15 is 0 Å². The van der Waals surface area contributed by atoms with E-state index in [1.54, 1.807) is 12.3 Å². The Bertz CT molecular complexity index is 449. The van der Waals surface area contributed by atoms with Gasteiger partial charge in [0.1, 0.15) is 0 Å². The van der Waals surface area contributed by atoms with Crippen LogP contribution in [0.1, 0.15) is 94.9 Å². The van der Waals surface area contributed by atoms with Crippen LogP contribution in [0.25, 0.3) is 0 Å². The molecule has 0 aliphatic carbocycles. The summed E-state index contributed by atoms with van der Waals surface area (Å²) in [6, 6.07) is 0. The molecule has 0 saturated carbocycles. The summed E-state index contributed by atoms with van der Waals surface area (Å²) in [5.41, 5.74) is 6.11. The molecule has 196 valence electrons. The fourth-order valence-corrected chi connectivity index (χ4v) is 14.7. The van der Waals surface area contributed by atoms with Crippen molar-refractivity contribution in [2.24, 2.45) is 23.7 Å². The Kier molecular flexibility index (Phi) is 19.6. The average Bonchev–Trinajstić information content (AvgIpc) is 3.23. The molecule has 0 spiro atoms. The monoisotopic (exact) mass is 582 g/mol. The summed E-state index contributed by atoms with van der Waals surface area (Å²) in [5, 5.41) is 0. The number of allylic oxidation sites excluding steroid dienone is 2. The van der Waals surface area contributed by atoms with E-state index in [2.05, 4.69) is 82.4 Å². The minimum absolute atomic E-state index is 0. The molecule has 2 aliphatic rings. The van der Waals surface area contributed by atoms with Crippen molar-refractivity contribution in [1.82, 2.24) is 0 Å². The largest absolute Gasteiger partial charge is 2.00 e. The van der Waals surface area contributed by atoms with Gasteiger partial charge in [-0.1, -0.05) is 85.1 Å². The van der Waals surface area contributed by atoms with Crippen molar-refractivity contribution in [2.45, 2.75) is 118 Å². The maximum absolute atomic E-state index is 3.44. The molecule has 0 bridgehead atoms. The van der Waals surface area contributed by atoms with Gasteiger partial charge >= 0.3 is 19.5 Å². The summed E-state index contributed by atoms with van der Waals surface area (Å²) < 4.78 is 0. The molecule has 33 heavy (non-hydrogen) atoms. The third-order valence-electron chi connectivity index (χ3n) is 6.91. The van der Waals surface area contributed by atoms with Crippen LogP contribution in [0.5, 0.6) is 0 Å². The van der Waals surface area contributed by atoms with E-state index in [1.807, 2.05) is 13.8 Å². The Balaban J connectivity index is 0. The van der Waals surface area contributed by atoms with Gasteiger partial charge in [-0.05, 0) is 84.3 Å². The van der Waals surface area contributed by atoms with E-state index in [-0.39, 0.29) is 35.3 Å². The molecule has 3 heteroatoms. The predicted octanol–water partition coefficient (Wildman–Crippen LogP) is 10.4. The van der Waals surface area contributed by atoms with E-state index in [0.717, 1.165) is 57.5 Å². The topological polar surface area (TPSA) is 0 Å². The second kappa shape index (κ2) is 18.0. The number of hydrogen-bond acceptors (Lipinski definition) is 0. The van der Waals surface area contributed by atoms with Crippen LogP contribution in [0, 0.1) is 37.5 Å². The molecular formula is C30H58P2Ru. The molecule has 0 aromatic heterocycles. The van der Waals surface area contributed by atoms with Gasteiger partial charge < -0.3 is 0 Å². The second-order valence-electron chi connectivity index (χ2n) is 11.8.